The van der Waals surface area contributed by atoms with E-state index in [0.717, 1.165) is 19.6 Å². The van der Waals surface area contributed by atoms with Crippen LogP contribution in [0.1, 0.15) is 47.5 Å². The van der Waals surface area contributed by atoms with Gasteiger partial charge in [-0.3, -0.25) is 4.90 Å². The molecule has 1 fully saturated rings. The van der Waals surface area contributed by atoms with Gasteiger partial charge in [0.25, 0.3) is 0 Å². The Labute approximate surface area is 130 Å². The molecule has 4 nitrogen and oxygen atoms in total. The van der Waals surface area contributed by atoms with E-state index in [0.29, 0.717) is 12.5 Å². The summed E-state index contributed by atoms with van der Waals surface area (Å²) in [5.41, 5.74) is -0.467. The number of nitrogens with zero attached hydrogens (tertiary/aromatic N) is 2. The van der Waals surface area contributed by atoms with Crippen LogP contribution >= 0.6 is 0 Å². The molecular formula is C17H32N2O2. The highest BCUT2D eigenvalue weighted by Crippen LogP contribution is 2.19. The Morgan fingerprint density at radius 3 is 2.33 bits per heavy atom. The minimum absolute atomic E-state index is 0.163. The molecule has 4 heteroatoms. The van der Waals surface area contributed by atoms with E-state index >= 15 is 0 Å². The molecule has 0 aromatic carbocycles. The van der Waals surface area contributed by atoms with Crippen molar-refractivity contribution in [3.63, 3.8) is 0 Å². The first-order valence-electron chi connectivity index (χ1n) is 8.07. The van der Waals surface area contributed by atoms with Gasteiger partial charge in [0.1, 0.15) is 5.60 Å². The molecule has 21 heavy (non-hydrogen) atoms. The van der Waals surface area contributed by atoms with Crippen molar-refractivity contribution < 1.29 is 9.53 Å². The van der Waals surface area contributed by atoms with Gasteiger partial charge in [0, 0.05) is 13.1 Å². The number of amides is 1. The molecule has 1 amide bonds. The molecule has 0 aromatic rings. The van der Waals surface area contributed by atoms with Crippen LogP contribution < -0.4 is 0 Å². The molecule has 1 saturated heterocycles. The van der Waals surface area contributed by atoms with Gasteiger partial charge in [-0.15, -0.1) is 6.58 Å². The van der Waals surface area contributed by atoms with E-state index in [4.69, 9.17) is 4.74 Å². The zero-order chi connectivity index (χ0) is 16.0. The molecule has 0 unspecified atom stereocenters. The minimum atomic E-state index is -0.467. The van der Waals surface area contributed by atoms with Gasteiger partial charge in [0.2, 0.25) is 0 Å². The summed E-state index contributed by atoms with van der Waals surface area (Å²) in [5.74, 6) is 0.387. The Hall–Kier alpha value is -1.03. The SMILES string of the molecule is C=CCN(C(=O)OC(C)(C)C)[C@H](CN1CCCC1)C(C)C. The molecule has 0 saturated carbocycles. The molecule has 0 aromatic heterocycles. The Balaban J connectivity index is 2.80. The largest absolute Gasteiger partial charge is 0.444 e. The van der Waals surface area contributed by atoms with Crippen molar-refractivity contribution in [2.75, 3.05) is 26.2 Å². The van der Waals surface area contributed by atoms with Crippen LogP contribution in [0.15, 0.2) is 12.7 Å². The predicted molar refractivity (Wildman–Crippen MR) is 87.4 cm³/mol. The molecule has 0 aliphatic carbocycles. The highest BCUT2D eigenvalue weighted by molar-refractivity contribution is 5.68. The number of carbonyl (C=O) groups is 1. The summed E-state index contributed by atoms with van der Waals surface area (Å²) in [6, 6.07) is 0.163. The summed E-state index contributed by atoms with van der Waals surface area (Å²) in [6.07, 6.45) is 4.07. The van der Waals surface area contributed by atoms with E-state index in [1.165, 1.54) is 12.8 Å². The molecule has 0 spiro atoms. The maximum atomic E-state index is 12.5. The van der Waals surface area contributed by atoms with Gasteiger partial charge in [-0.1, -0.05) is 19.9 Å². The summed E-state index contributed by atoms with van der Waals surface area (Å²) >= 11 is 0. The van der Waals surface area contributed by atoms with Crippen LogP contribution in [0.25, 0.3) is 0 Å². The summed E-state index contributed by atoms with van der Waals surface area (Å²) in [4.78, 5) is 16.8. The molecule has 122 valence electrons. The van der Waals surface area contributed by atoms with Crippen LogP contribution in [0, 0.1) is 5.92 Å². The molecule has 1 aliphatic heterocycles. The minimum Gasteiger partial charge on any atom is -0.444 e. The van der Waals surface area contributed by atoms with Crippen LogP contribution in [0.2, 0.25) is 0 Å². The number of hydrogen-bond acceptors (Lipinski definition) is 3. The zero-order valence-electron chi connectivity index (χ0n) is 14.4. The second-order valence-electron chi connectivity index (χ2n) is 7.24. The van der Waals surface area contributed by atoms with E-state index < -0.39 is 5.60 Å². The van der Waals surface area contributed by atoms with Crippen molar-refractivity contribution in [1.29, 1.82) is 0 Å². The lowest BCUT2D eigenvalue weighted by Crippen LogP contribution is -2.50. The highest BCUT2D eigenvalue weighted by Gasteiger charge is 2.31. The van der Waals surface area contributed by atoms with Gasteiger partial charge >= 0.3 is 6.09 Å². The topological polar surface area (TPSA) is 32.8 Å². The zero-order valence-corrected chi connectivity index (χ0v) is 14.4. The number of ether oxygens (including phenoxy) is 1. The summed E-state index contributed by atoms with van der Waals surface area (Å²) < 4.78 is 5.57. The third-order valence-electron chi connectivity index (χ3n) is 3.77. The summed E-state index contributed by atoms with van der Waals surface area (Å²) in [6.45, 7) is 17.6. The molecule has 0 radical (unpaired) electrons. The lowest BCUT2D eigenvalue weighted by Gasteiger charge is -2.37. The van der Waals surface area contributed by atoms with Crippen molar-refractivity contribution in [2.45, 2.75) is 59.1 Å². The number of likely N-dealkylation sites (tertiary alicyclic amines) is 1. The number of hydrogen-bond donors (Lipinski definition) is 0. The first kappa shape index (κ1) is 18.0. The molecular weight excluding hydrogens is 264 g/mol. The first-order chi connectivity index (χ1) is 9.74. The smallest absolute Gasteiger partial charge is 0.410 e. The molecule has 1 atom stereocenters. The van der Waals surface area contributed by atoms with Gasteiger partial charge in [0.15, 0.2) is 0 Å². The Bertz CT molecular complexity index is 341. The molecule has 0 bridgehead atoms. The van der Waals surface area contributed by atoms with Crippen molar-refractivity contribution in [2.24, 2.45) is 5.92 Å². The fourth-order valence-corrected chi connectivity index (χ4v) is 2.70. The van der Waals surface area contributed by atoms with Gasteiger partial charge < -0.3 is 9.64 Å². The molecule has 1 heterocycles. The second-order valence-corrected chi connectivity index (χ2v) is 7.24. The van der Waals surface area contributed by atoms with Gasteiger partial charge in [-0.2, -0.15) is 0 Å². The number of rotatable bonds is 6. The second kappa shape index (κ2) is 7.83. The normalized spacial score (nSPS) is 17.8. The van der Waals surface area contributed by atoms with E-state index in [1.54, 1.807) is 6.08 Å². The third kappa shape index (κ3) is 6.08. The fraction of sp³-hybridized carbons (Fsp3) is 0.824. The summed E-state index contributed by atoms with van der Waals surface area (Å²) in [5, 5.41) is 0. The summed E-state index contributed by atoms with van der Waals surface area (Å²) in [7, 11) is 0. The van der Waals surface area contributed by atoms with Crippen LogP contribution in [0.5, 0.6) is 0 Å². The average Bonchev–Trinajstić information content (AvgIpc) is 2.83. The van der Waals surface area contributed by atoms with Crippen molar-refractivity contribution in [3.8, 4) is 0 Å². The van der Waals surface area contributed by atoms with Crippen LogP contribution in [-0.4, -0.2) is 53.7 Å². The van der Waals surface area contributed by atoms with Crippen molar-refractivity contribution in [3.05, 3.63) is 12.7 Å². The quantitative estimate of drug-likeness (QED) is 0.703. The van der Waals surface area contributed by atoms with E-state index in [9.17, 15) is 4.79 Å². The van der Waals surface area contributed by atoms with E-state index in [-0.39, 0.29) is 12.1 Å². The molecule has 1 aliphatic rings. The average molecular weight is 296 g/mol. The third-order valence-corrected chi connectivity index (χ3v) is 3.77. The predicted octanol–water partition coefficient (Wildman–Crippen LogP) is 3.53. The van der Waals surface area contributed by atoms with E-state index in [2.05, 4.69) is 25.3 Å². The molecule has 1 rings (SSSR count). The first-order valence-corrected chi connectivity index (χ1v) is 8.07. The molecule has 0 N–H and O–H groups in total. The van der Waals surface area contributed by atoms with E-state index in [1.807, 2.05) is 25.7 Å². The van der Waals surface area contributed by atoms with Crippen molar-refractivity contribution in [1.82, 2.24) is 9.80 Å². The van der Waals surface area contributed by atoms with Crippen molar-refractivity contribution >= 4 is 6.09 Å². The lowest BCUT2D eigenvalue weighted by atomic mass is 10.0. The van der Waals surface area contributed by atoms with Gasteiger partial charge in [-0.05, 0) is 52.6 Å². The monoisotopic (exact) mass is 296 g/mol. The Kier molecular flexibility index (Phi) is 6.72. The van der Waals surface area contributed by atoms with Crippen LogP contribution in [0.3, 0.4) is 0 Å². The Morgan fingerprint density at radius 2 is 1.90 bits per heavy atom. The van der Waals surface area contributed by atoms with Gasteiger partial charge in [0.05, 0.1) is 6.04 Å². The maximum Gasteiger partial charge on any atom is 0.410 e. The standard InChI is InChI=1S/C17H32N2O2/c1-7-10-19(16(20)21-17(4,5)6)15(14(2)3)13-18-11-8-9-12-18/h7,14-15H,1,8-13H2,2-6H3/t15-/m1/s1. The maximum absolute atomic E-state index is 12.5. The number of carbonyl (C=O) groups excluding carboxylic acids is 1. The van der Waals surface area contributed by atoms with Gasteiger partial charge in [-0.25, -0.2) is 4.79 Å². The highest BCUT2D eigenvalue weighted by atomic mass is 16.6. The fourth-order valence-electron chi connectivity index (χ4n) is 2.70. The Morgan fingerprint density at radius 1 is 1.33 bits per heavy atom. The lowest BCUT2D eigenvalue weighted by molar-refractivity contribution is 0.0102. The van der Waals surface area contributed by atoms with Crippen LogP contribution in [-0.2, 0) is 4.74 Å². The van der Waals surface area contributed by atoms with Crippen LogP contribution in [0.4, 0.5) is 4.79 Å².